The lowest BCUT2D eigenvalue weighted by Gasteiger charge is -2.05. The van der Waals surface area contributed by atoms with Crippen molar-refractivity contribution >= 4 is 5.97 Å². The van der Waals surface area contributed by atoms with Gasteiger partial charge in [0.05, 0.1) is 0 Å². The number of carboxylic acids is 1. The monoisotopic (exact) mass is 195 g/mol. The van der Waals surface area contributed by atoms with Gasteiger partial charge in [0.15, 0.2) is 6.61 Å². The summed E-state index contributed by atoms with van der Waals surface area (Å²) in [4.78, 5) is 10.2. The number of carboxylic acid groups (broad SMARTS) is 1. The molecule has 1 aromatic rings. The van der Waals surface area contributed by atoms with Crippen molar-refractivity contribution in [1.29, 1.82) is 0 Å². The standard InChI is InChI=1S/C10H13NO3/c1-11-6-8-3-2-4-9(5-8)14-7-10(12)13/h2-5,11H,6-7H2,1H3,(H,12,13). The van der Waals surface area contributed by atoms with Crippen molar-refractivity contribution in [2.45, 2.75) is 6.54 Å². The third-order valence-corrected chi connectivity index (χ3v) is 1.64. The van der Waals surface area contributed by atoms with E-state index in [0.717, 1.165) is 12.1 Å². The zero-order chi connectivity index (χ0) is 10.4. The van der Waals surface area contributed by atoms with Gasteiger partial charge in [0, 0.05) is 6.54 Å². The summed E-state index contributed by atoms with van der Waals surface area (Å²) >= 11 is 0. The first-order chi connectivity index (χ1) is 6.72. The van der Waals surface area contributed by atoms with Gasteiger partial charge in [-0.25, -0.2) is 4.79 Å². The smallest absolute Gasteiger partial charge is 0.341 e. The summed E-state index contributed by atoms with van der Waals surface area (Å²) in [6.45, 7) is 0.438. The van der Waals surface area contributed by atoms with E-state index in [0.29, 0.717) is 5.75 Å². The quantitative estimate of drug-likeness (QED) is 0.732. The van der Waals surface area contributed by atoms with E-state index >= 15 is 0 Å². The summed E-state index contributed by atoms with van der Waals surface area (Å²) in [6.07, 6.45) is 0. The Labute approximate surface area is 82.5 Å². The van der Waals surface area contributed by atoms with Crippen LogP contribution < -0.4 is 10.1 Å². The molecule has 0 aromatic heterocycles. The minimum absolute atomic E-state index is 0.303. The molecule has 0 saturated carbocycles. The number of carbonyl (C=O) groups is 1. The number of ether oxygens (including phenoxy) is 1. The first-order valence-electron chi connectivity index (χ1n) is 4.30. The molecule has 1 aromatic carbocycles. The largest absolute Gasteiger partial charge is 0.482 e. The van der Waals surface area contributed by atoms with Crippen molar-refractivity contribution in [3.8, 4) is 5.75 Å². The second-order valence-corrected chi connectivity index (χ2v) is 2.86. The van der Waals surface area contributed by atoms with Crippen molar-refractivity contribution in [2.24, 2.45) is 0 Å². The molecular weight excluding hydrogens is 182 g/mol. The summed E-state index contributed by atoms with van der Waals surface area (Å²) in [5, 5.41) is 11.4. The Balaban J connectivity index is 2.58. The van der Waals surface area contributed by atoms with E-state index in [1.165, 1.54) is 0 Å². The number of benzene rings is 1. The molecule has 0 heterocycles. The van der Waals surface area contributed by atoms with Crippen molar-refractivity contribution in [3.05, 3.63) is 29.8 Å². The molecule has 4 heteroatoms. The highest BCUT2D eigenvalue weighted by atomic mass is 16.5. The Bertz CT molecular complexity index is 312. The van der Waals surface area contributed by atoms with E-state index in [-0.39, 0.29) is 6.61 Å². The van der Waals surface area contributed by atoms with Crippen molar-refractivity contribution in [1.82, 2.24) is 5.32 Å². The van der Waals surface area contributed by atoms with E-state index in [1.54, 1.807) is 6.07 Å². The summed E-state index contributed by atoms with van der Waals surface area (Å²) in [5.41, 5.74) is 1.07. The lowest BCUT2D eigenvalue weighted by Crippen LogP contribution is -2.10. The lowest BCUT2D eigenvalue weighted by molar-refractivity contribution is -0.139. The van der Waals surface area contributed by atoms with E-state index in [9.17, 15) is 4.79 Å². The van der Waals surface area contributed by atoms with Gasteiger partial charge >= 0.3 is 5.97 Å². The van der Waals surface area contributed by atoms with Crippen molar-refractivity contribution in [2.75, 3.05) is 13.7 Å². The molecule has 14 heavy (non-hydrogen) atoms. The average Bonchev–Trinajstić information content (AvgIpc) is 2.16. The Hall–Kier alpha value is -1.55. The molecule has 0 radical (unpaired) electrons. The third kappa shape index (κ3) is 3.45. The molecule has 0 aliphatic rings. The summed E-state index contributed by atoms with van der Waals surface area (Å²) < 4.78 is 5.03. The van der Waals surface area contributed by atoms with E-state index in [4.69, 9.17) is 9.84 Å². The molecular formula is C10H13NO3. The Kier molecular flexibility index (Phi) is 3.94. The first-order valence-corrected chi connectivity index (χ1v) is 4.30. The van der Waals surface area contributed by atoms with E-state index in [2.05, 4.69) is 5.32 Å². The molecule has 0 aliphatic heterocycles. The van der Waals surface area contributed by atoms with E-state index in [1.807, 2.05) is 25.2 Å². The molecule has 0 unspecified atom stereocenters. The normalized spacial score (nSPS) is 9.79. The van der Waals surface area contributed by atoms with Gasteiger partial charge in [-0.05, 0) is 24.7 Å². The zero-order valence-electron chi connectivity index (χ0n) is 7.99. The lowest BCUT2D eigenvalue weighted by atomic mass is 10.2. The van der Waals surface area contributed by atoms with Gasteiger partial charge in [-0.2, -0.15) is 0 Å². The van der Waals surface area contributed by atoms with E-state index < -0.39 is 5.97 Å². The van der Waals surface area contributed by atoms with Crippen LogP contribution >= 0.6 is 0 Å². The molecule has 0 aliphatic carbocycles. The molecule has 0 fully saturated rings. The maximum Gasteiger partial charge on any atom is 0.341 e. The molecule has 1 rings (SSSR count). The van der Waals surface area contributed by atoms with Gasteiger partial charge in [0.1, 0.15) is 5.75 Å². The summed E-state index contributed by atoms with van der Waals surface area (Å²) in [6, 6.07) is 7.34. The average molecular weight is 195 g/mol. The van der Waals surface area contributed by atoms with Gasteiger partial charge in [-0.3, -0.25) is 0 Å². The van der Waals surface area contributed by atoms with Crippen LogP contribution in [0.2, 0.25) is 0 Å². The molecule has 0 atom stereocenters. The Morgan fingerprint density at radius 3 is 3.00 bits per heavy atom. The van der Waals surface area contributed by atoms with Crippen LogP contribution in [0.4, 0.5) is 0 Å². The maximum absolute atomic E-state index is 10.2. The second kappa shape index (κ2) is 5.24. The number of hydrogen-bond donors (Lipinski definition) is 2. The predicted octanol–water partition coefficient (Wildman–Crippen LogP) is 0.869. The minimum Gasteiger partial charge on any atom is -0.482 e. The second-order valence-electron chi connectivity index (χ2n) is 2.86. The fourth-order valence-corrected chi connectivity index (χ4v) is 1.09. The van der Waals surface area contributed by atoms with Crippen LogP contribution in [0.3, 0.4) is 0 Å². The van der Waals surface area contributed by atoms with Crippen LogP contribution in [0.15, 0.2) is 24.3 Å². The molecule has 76 valence electrons. The van der Waals surface area contributed by atoms with Gasteiger partial charge in [-0.1, -0.05) is 12.1 Å². The van der Waals surface area contributed by atoms with Crippen molar-refractivity contribution in [3.63, 3.8) is 0 Å². The van der Waals surface area contributed by atoms with Crippen LogP contribution in [0.5, 0.6) is 5.75 Å². The van der Waals surface area contributed by atoms with Crippen LogP contribution in [0.1, 0.15) is 5.56 Å². The van der Waals surface area contributed by atoms with Gasteiger partial charge in [0.25, 0.3) is 0 Å². The molecule has 0 saturated heterocycles. The molecule has 2 N–H and O–H groups in total. The summed E-state index contributed by atoms with van der Waals surface area (Å²) in [7, 11) is 1.85. The SMILES string of the molecule is CNCc1cccc(OCC(=O)O)c1. The topological polar surface area (TPSA) is 58.6 Å². The fourth-order valence-electron chi connectivity index (χ4n) is 1.09. The predicted molar refractivity (Wildman–Crippen MR) is 52.3 cm³/mol. The maximum atomic E-state index is 10.2. The molecule has 4 nitrogen and oxygen atoms in total. The van der Waals surface area contributed by atoms with Gasteiger partial charge < -0.3 is 15.2 Å². The molecule has 0 spiro atoms. The highest BCUT2D eigenvalue weighted by molar-refractivity contribution is 5.68. The first kappa shape index (κ1) is 10.5. The van der Waals surface area contributed by atoms with Crippen LogP contribution in [-0.2, 0) is 11.3 Å². The number of aliphatic carboxylic acids is 1. The Morgan fingerprint density at radius 2 is 2.36 bits per heavy atom. The fraction of sp³-hybridized carbons (Fsp3) is 0.300. The molecule has 0 amide bonds. The van der Waals surface area contributed by atoms with Crippen LogP contribution in [-0.4, -0.2) is 24.7 Å². The number of rotatable bonds is 5. The summed E-state index contributed by atoms with van der Waals surface area (Å²) in [5.74, 6) is -0.385. The highest BCUT2D eigenvalue weighted by Crippen LogP contribution is 2.12. The van der Waals surface area contributed by atoms with Gasteiger partial charge in [0.2, 0.25) is 0 Å². The molecule has 0 bridgehead atoms. The minimum atomic E-state index is -0.969. The van der Waals surface area contributed by atoms with Crippen molar-refractivity contribution < 1.29 is 14.6 Å². The third-order valence-electron chi connectivity index (χ3n) is 1.64. The zero-order valence-corrected chi connectivity index (χ0v) is 7.99. The number of nitrogens with one attached hydrogen (secondary N) is 1. The highest BCUT2D eigenvalue weighted by Gasteiger charge is 1.99. The van der Waals surface area contributed by atoms with Crippen LogP contribution in [0.25, 0.3) is 0 Å². The number of hydrogen-bond acceptors (Lipinski definition) is 3. The van der Waals surface area contributed by atoms with Crippen LogP contribution in [0, 0.1) is 0 Å². The van der Waals surface area contributed by atoms with Gasteiger partial charge in [-0.15, -0.1) is 0 Å². The Morgan fingerprint density at radius 1 is 1.57 bits per heavy atom.